The van der Waals surface area contributed by atoms with Crippen LogP contribution in [0.25, 0.3) is 0 Å². The zero-order valence-electron chi connectivity index (χ0n) is 13.4. The van der Waals surface area contributed by atoms with Crippen molar-refractivity contribution in [3.63, 3.8) is 0 Å². The number of benzene rings is 1. The number of likely N-dealkylation sites (tertiary alicyclic amines) is 1. The van der Waals surface area contributed by atoms with Gasteiger partial charge in [-0.1, -0.05) is 13.8 Å². The van der Waals surface area contributed by atoms with Crippen LogP contribution in [0.2, 0.25) is 0 Å². The van der Waals surface area contributed by atoms with Gasteiger partial charge < -0.3 is 10.0 Å². The second-order valence-electron chi connectivity index (χ2n) is 6.16. The summed E-state index contributed by atoms with van der Waals surface area (Å²) in [6, 6.07) is 6.23. The third kappa shape index (κ3) is 4.70. The minimum atomic E-state index is -0.774. The largest absolute Gasteiger partial charge is 0.481 e. The number of rotatable bonds is 5. The topological polar surface area (TPSA) is 57.6 Å². The first-order valence-electron chi connectivity index (χ1n) is 7.78. The molecule has 2 rings (SSSR count). The van der Waals surface area contributed by atoms with Crippen LogP contribution in [-0.4, -0.2) is 40.7 Å². The van der Waals surface area contributed by atoms with E-state index >= 15 is 0 Å². The minimum absolute atomic E-state index is 0.0258. The van der Waals surface area contributed by atoms with Gasteiger partial charge in [0.1, 0.15) is 5.82 Å². The lowest BCUT2D eigenvalue weighted by Crippen LogP contribution is -2.47. The summed E-state index contributed by atoms with van der Waals surface area (Å²) in [5.74, 6) is -0.894. The van der Waals surface area contributed by atoms with Crippen LogP contribution in [0.1, 0.15) is 20.3 Å². The van der Waals surface area contributed by atoms with E-state index in [-0.39, 0.29) is 29.5 Å². The Labute approximate surface area is 140 Å². The predicted octanol–water partition coefficient (Wildman–Crippen LogP) is 3.12. The average Bonchev–Trinajstić information content (AvgIpc) is 2.52. The SMILES string of the molecule is CC(CSc1ccc(F)cc1)C(=O)N1CCC(C(=O)O)C(C)C1. The molecule has 1 N–H and O–H groups in total. The van der Waals surface area contributed by atoms with Gasteiger partial charge in [-0.3, -0.25) is 9.59 Å². The fraction of sp³-hybridized carbons (Fsp3) is 0.529. The van der Waals surface area contributed by atoms with Gasteiger partial charge in [-0.2, -0.15) is 0 Å². The highest BCUT2D eigenvalue weighted by Gasteiger charge is 2.34. The zero-order valence-corrected chi connectivity index (χ0v) is 14.2. The molecule has 0 spiro atoms. The van der Waals surface area contributed by atoms with Crippen molar-refractivity contribution in [1.82, 2.24) is 4.90 Å². The molecule has 0 bridgehead atoms. The molecule has 4 nitrogen and oxygen atoms in total. The van der Waals surface area contributed by atoms with Crippen LogP contribution in [-0.2, 0) is 9.59 Å². The number of piperidine rings is 1. The van der Waals surface area contributed by atoms with E-state index in [1.807, 2.05) is 13.8 Å². The summed E-state index contributed by atoms with van der Waals surface area (Å²) in [4.78, 5) is 26.3. The summed E-state index contributed by atoms with van der Waals surface area (Å²) in [7, 11) is 0. The van der Waals surface area contributed by atoms with E-state index in [0.29, 0.717) is 25.3 Å². The van der Waals surface area contributed by atoms with Gasteiger partial charge >= 0.3 is 5.97 Å². The van der Waals surface area contributed by atoms with Gasteiger partial charge in [0, 0.05) is 29.7 Å². The molecule has 1 heterocycles. The standard InChI is InChI=1S/C17H22FNO3S/c1-11-9-19(8-7-15(11)17(21)22)16(20)12(2)10-23-14-5-3-13(18)4-6-14/h3-6,11-12,15H,7-10H2,1-2H3,(H,21,22). The molecule has 0 aliphatic carbocycles. The van der Waals surface area contributed by atoms with Gasteiger partial charge in [0.2, 0.25) is 5.91 Å². The van der Waals surface area contributed by atoms with Gasteiger partial charge in [-0.05, 0) is 36.6 Å². The quantitative estimate of drug-likeness (QED) is 0.838. The normalized spacial score (nSPS) is 22.7. The van der Waals surface area contributed by atoms with Crippen LogP contribution < -0.4 is 0 Å². The fourth-order valence-electron chi connectivity index (χ4n) is 2.85. The molecule has 1 aliphatic rings. The summed E-state index contributed by atoms with van der Waals surface area (Å²) in [6.07, 6.45) is 0.514. The highest BCUT2D eigenvalue weighted by atomic mass is 32.2. The average molecular weight is 339 g/mol. The molecule has 1 saturated heterocycles. The van der Waals surface area contributed by atoms with Crippen molar-refractivity contribution < 1.29 is 19.1 Å². The van der Waals surface area contributed by atoms with E-state index in [2.05, 4.69) is 0 Å². The maximum Gasteiger partial charge on any atom is 0.306 e. The molecule has 1 aromatic carbocycles. The molecule has 0 saturated carbocycles. The maximum absolute atomic E-state index is 12.9. The van der Waals surface area contributed by atoms with E-state index in [9.17, 15) is 14.0 Å². The van der Waals surface area contributed by atoms with E-state index in [0.717, 1.165) is 4.90 Å². The number of thioether (sulfide) groups is 1. The van der Waals surface area contributed by atoms with Gasteiger partial charge in [0.05, 0.1) is 5.92 Å². The lowest BCUT2D eigenvalue weighted by molar-refractivity contribution is -0.149. The molecule has 3 atom stereocenters. The Morgan fingerprint density at radius 2 is 2.04 bits per heavy atom. The maximum atomic E-state index is 12.9. The van der Waals surface area contributed by atoms with E-state index in [1.165, 1.54) is 23.9 Å². The first-order chi connectivity index (χ1) is 10.9. The number of amides is 1. The number of carboxylic acids is 1. The van der Waals surface area contributed by atoms with Crippen molar-refractivity contribution in [3.8, 4) is 0 Å². The smallest absolute Gasteiger partial charge is 0.306 e. The second kappa shape index (κ2) is 7.81. The Morgan fingerprint density at radius 3 is 2.61 bits per heavy atom. The second-order valence-corrected chi connectivity index (χ2v) is 7.25. The molecular weight excluding hydrogens is 317 g/mol. The lowest BCUT2D eigenvalue weighted by Gasteiger charge is -2.36. The Morgan fingerprint density at radius 1 is 1.39 bits per heavy atom. The van der Waals surface area contributed by atoms with Crippen molar-refractivity contribution in [2.75, 3.05) is 18.8 Å². The number of carbonyl (C=O) groups is 2. The highest BCUT2D eigenvalue weighted by Crippen LogP contribution is 2.26. The Bertz CT molecular complexity index is 563. The summed E-state index contributed by atoms with van der Waals surface area (Å²) in [6.45, 7) is 4.77. The Hall–Kier alpha value is -1.56. The van der Waals surface area contributed by atoms with Crippen molar-refractivity contribution in [2.24, 2.45) is 17.8 Å². The van der Waals surface area contributed by atoms with Gasteiger partial charge in [-0.25, -0.2) is 4.39 Å². The molecule has 0 radical (unpaired) electrons. The van der Waals surface area contributed by atoms with Gasteiger partial charge in [0.25, 0.3) is 0 Å². The van der Waals surface area contributed by atoms with Crippen LogP contribution in [0, 0.1) is 23.6 Å². The van der Waals surface area contributed by atoms with Crippen LogP contribution in [0.3, 0.4) is 0 Å². The predicted molar refractivity (Wildman–Crippen MR) is 87.8 cm³/mol. The van der Waals surface area contributed by atoms with E-state index in [1.54, 1.807) is 17.0 Å². The molecular formula is C17H22FNO3S. The van der Waals surface area contributed by atoms with Crippen LogP contribution in [0.5, 0.6) is 0 Å². The number of carboxylic acid groups (broad SMARTS) is 1. The third-order valence-corrected chi connectivity index (χ3v) is 5.54. The fourth-order valence-corrected chi connectivity index (χ4v) is 3.76. The molecule has 126 valence electrons. The molecule has 3 unspecified atom stereocenters. The molecule has 23 heavy (non-hydrogen) atoms. The number of nitrogens with zero attached hydrogens (tertiary/aromatic N) is 1. The zero-order chi connectivity index (χ0) is 17.0. The number of hydrogen-bond donors (Lipinski definition) is 1. The molecule has 1 aromatic rings. The lowest BCUT2D eigenvalue weighted by atomic mass is 9.86. The molecule has 1 amide bonds. The molecule has 1 fully saturated rings. The number of aliphatic carboxylic acids is 1. The highest BCUT2D eigenvalue weighted by molar-refractivity contribution is 7.99. The molecule has 1 aliphatic heterocycles. The van der Waals surface area contributed by atoms with Crippen molar-refractivity contribution in [2.45, 2.75) is 25.2 Å². The van der Waals surface area contributed by atoms with E-state index < -0.39 is 5.97 Å². The summed E-state index contributed by atoms with van der Waals surface area (Å²) >= 11 is 1.53. The van der Waals surface area contributed by atoms with Crippen LogP contribution in [0.4, 0.5) is 4.39 Å². The van der Waals surface area contributed by atoms with Crippen LogP contribution >= 0.6 is 11.8 Å². The van der Waals surface area contributed by atoms with Crippen molar-refractivity contribution >= 4 is 23.6 Å². The first-order valence-corrected chi connectivity index (χ1v) is 8.77. The Balaban J connectivity index is 1.85. The summed E-state index contributed by atoms with van der Waals surface area (Å²) < 4.78 is 12.9. The van der Waals surface area contributed by atoms with Crippen LogP contribution in [0.15, 0.2) is 29.2 Å². The Kier molecular flexibility index (Phi) is 6.04. The van der Waals surface area contributed by atoms with Gasteiger partial charge in [-0.15, -0.1) is 11.8 Å². The van der Waals surface area contributed by atoms with Crippen molar-refractivity contribution in [3.05, 3.63) is 30.1 Å². The minimum Gasteiger partial charge on any atom is -0.481 e. The third-order valence-electron chi connectivity index (χ3n) is 4.27. The number of hydrogen-bond acceptors (Lipinski definition) is 3. The van der Waals surface area contributed by atoms with Crippen molar-refractivity contribution in [1.29, 1.82) is 0 Å². The number of halogens is 1. The van der Waals surface area contributed by atoms with Gasteiger partial charge in [0.15, 0.2) is 0 Å². The first kappa shape index (κ1) is 17.8. The number of carbonyl (C=O) groups excluding carboxylic acids is 1. The summed E-state index contributed by atoms with van der Waals surface area (Å²) in [5, 5.41) is 9.14. The van der Waals surface area contributed by atoms with E-state index in [4.69, 9.17) is 5.11 Å². The molecule has 0 aromatic heterocycles. The summed E-state index contributed by atoms with van der Waals surface area (Å²) in [5.41, 5.74) is 0. The molecule has 6 heteroatoms. The monoisotopic (exact) mass is 339 g/mol.